The van der Waals surface area contributed by atoms with Gasteiger partial charge in [-0.1, -0.05) is 23.2 Å². The second kappa shape index (κ2) is 6.41. The van der Waals surface area contributed by atoms with E-state index in [2.05, 4.69) is 0 Å². The van der Waals surface area contributed by atoms with E-state index in [0.29, 0.717) is 5.02 Å². The third kappa shape index (κ3) is 3.34. The second-order valence-electron chi connectivity index (χ2n) is 4.27. The summed E-state index contributed by atoms with van der Waals surface area (Å²) in [6.45, 7) is 2.01. The van der Waals surface area contributed by atoms with Crippen molar-refractivity contribution in [3.05, 3.63) is 63.6 Å². The highest BCUT2D eigenvalue weighted by Gasteiger charge is 2.20. The minimum atomic E-state index is -1.01. The number of carbonyl (C=O) groups excluding carboxylic acids is 1. The van der Waals surface area contributed by atoms with E-state index < -0.39 is 17.5 Å². The topological polar surface area (TPSA) is 20.3 Å². The molecule has 0 N–H and O–H groups in total. The number of amides is 1. The maximum absolute atomic E-state index is 13.3. The number of halogens is 4. The summed E-state index contributed by atoms with van der Waals surface area (Å²) < 4.78 is 26.3. The van der Waals surface area contributed by atoms with Gasteiger partial charge in [0, 0.05) is 23.3 Å². The van der Waals surface area contributed by atoms with Crippen LogP contribution < -0.4 is 4.90 Å². The van der Waals surface area contributed by atoms with E-state index in [1.54, 1.807) is 13.0 Å². The molecule has 0 aliphatic heterocycles. The van der Waals surface area contributed by atoms with Crippen LogP contribution in [0.15, 0.2) is 36.4 Å². The average Bonchev–Trinajstić information content (AvgIpc) is 2.43. The fourth-order valence-electron chi connectivity index (χ4n) is 1.90. The first-order chi connectivity index (χ1) is 9.93. The molecule has 0 aliphatic carbocycles. The van der Waals surface area contributed by atoms with Crippen LogP contribution in [0.2, 0.25) is 10.0 Å². The molecule has 0 saturated heterocycles. The zero-order valence-electron chi connectivity index (χ0n) is 11.0. The Bertz CT molecular complexity index is 691. The van der Waals surface area contributed by atoms with Crippen LogP contribution in [-0.2, 0) is 0 Å². The first-order valence-corrected chi connectivity index (χ1v) is 6.91. The van der Waals surface area contributed by atoms with Gasteiger partial charge in [0.25, 0.3) is 5.91 Å². The summed E-state index contributed by atoms with van der Waals surface area (Å²) in [6.07, 6.45) is 0. The normalized spacial score (nSPS) is 10.5. The molecule has 0 aliphatic rings. The zero-order valence-corrected chi connectivity index (χ0v) is 12.6. The lowest BCUT2D eigenvalue weighted by molar-refractivity contribution is 0.0988. The van der Waals surface area contributed by atoms with Crippen molar-refractivity contribution in [2.24, 2.45) is 0 Å². The number of anilines is 1. The standard InChI is InChI=1S/C15H11Cl2F2NO/c1-2-20(10-4-6-13(18)14(19)8-10)15(21)11-5-3-9(16)7-12(11)17/h3-8H,2H2,1H3. The molecule has 110 valence electrons. The molecule has 2 nitrogen and oxygen atoms in total. The molecule has 2 aromatic carbocycles. The predicted molar refractivity (Wildman–Crippen MR) is 80.2 cm³/mol. The molecule has 2 rings (SSSR count). The SMILES string of the molecule is CCN(C(=O)c1ccc(Cl)cc1Cl)c1ccc(F)c(F)c1. The maximum Gasteiger partial charge on any atom is 0.259 e. The first-order valence-electron chi connectivity index (χ1n) is 6.16. The van der Waals surface area contributed by atoms with Crippen molar-refractivity contribution in [1.29, 1.82) is 0 Å². The minimum Gasteiger partial charge on any atom is -0.308 e. The number of hydrogen-bond donors (Lipinski definition) is 0. The summed E-state index contributed by atoms with van der Waals surface area (Å²) in [4.78, 5) is 13.8. The Hall–Kier alpha value is -1.65. The number of benzene rings is 2. The summed E-state index contributed by atoms with van der Waals surface area (Å²) in [5.41, 5.74) is 0.500. The maximum atomic E-state index is 13.3. The van der Waals surface area contributed by atoms with Crippen molar-refractivity contribution in [3.63, 3.8) is 0 Å². The third-order valence-electron chi connectivity index (χ3n) is 2.94. The molecule has 0 bridgehead atoms. The third-order valence-corrected chi connectivity index (χ3v) is 3.49. The molecule has 6 heteroatoms. The van der Waals surface area contributed by atoms with E-state index in [1.807, 2.05) is 0 Å². The van der Waals surface area contributed by atoms with Crippen LogP contribution in [-0.4, -0.2) is 12.5 Å². The van der Waals surface area contributed by atoms with Crippen LogP contribution in [0.3, 0.4) is 0 Å². The van der Waals surface area contributed by atoms with Crippen LogP contribution in [0.1, 0.15) is 17.3 Å². The number of hydrogen-bond acceptors (Lipinski definition) is 1. The summed E-state index contributed by atoms with van der Waals surface area (Å²) >= 11 is 11.8. The van der Waals surface area contributed by atoms with Crippen molar-refractivity contribution in [3.8, 4) is 0 Å². The summed E-state index contributed by atoms with van der Waals surface area (Å²) in [5, 5.41) is 0.612. The molecule has 0 unspecified atom stereocenters. The van der Waals surface area contributed by atoms with Gasteiger partial charge in [-0.05, 0) is 37.3 Å². The van der Waals surface area contributed by atoms with E-state index >= 15 is 0 Å². The molecule has 1 amide bonds. The Kier molecular flexibility index (Phi) is 4.80. The van der Waals surface area contributed by atoms with Gasteiger partial charge in [0.1, 0.15) is 0 Å². The molecule has 0 atom stereocenters. The molecule has 2 aromatic rings. The molecule has 0 fully saturated rings. The van der Waals surface area contributed by atoms with Crippen LogP contribution in [0.4, 0.5) is 14.5 Å². The Morgan fingerprint density at radius 3 is 2.38 bits per heavy atom. The molecule has 0 spiro atoms. The number of carbonyl (C=O) groups is 1. The van der Waals surface area contributed by atoms with Gasteiger partial charge < -0.3 is 4.90 Å². The summed E-state index contributed by atoms with van der Waals surface area (Å²) in [7, 11) is 0. The van der Waals surface area contributed by atoms with Gasteiger partial charge in [-0.25, -0.2) is 8.78 Å². The largest absolute Gasteiger partial charge is 0.308 e. The lowest BCUT2D eigenvalue weighted by Gasteiger charge is -2.21. The first kappa shape index (κ1) is 15.7. The Morgan fingerprint density at radius 1 is 1.10 bits per heavy atom. The number of rotatable bonds is 3. The highest BCUT2D eigenvalue weighted by Crippen LogP contribution is 2.25. The molecule has 0 radical (unpaired) electrons. The molecule has 0 saturated carbocycles. The Labute approximate surface area is 130 Å². The van der Waals surface area contributed by atoms with Gasteiger partial charge in [0.05, 0.1) is 10.6 Å². The van der Waals surface area contributed by atoms with Gasteiger partial charge >= 0.3 is 0 Å². The van der Waals surface area contributed by atoms with E-state index in [0.717, 1.165) is 12.1 Å². The molecular formula is C15H11Cl2F2NO. The Balaban J connectivity index is 2.40. The van der Waals surface area contributed by atoms with Gasteiger partial charge in [0.15, 0.2) is 11.6 Å². The highest BCUT2D eigenvalue weighted by molar-refractivity contribution is 6.37. The van der Waals surface area contributed by atoms with Crippen molar-refractivity contribution in [2.45, 2.75) is 6.92 Å². The van der Waals surface area contributed by atoms with Gasteiger partial charge in [-0.3, -0.25) is 4.79 Å². The van der Waals surface area contributed by atoms with Crippen LogP contribution in [0.5, 0.6) is 0 Å². The van der Waals surface area contributed by atoms with Gasteiger partial charge in [0.2, 0.25) is 0 Å². The van der Waals surface area contributed by atoms with Crippen LogP contribution in [0, 0.1) is 11.6 Å². The zero-order chi connectivity index (χ0) is 15.6. The number of nitrogens with zero attached hydrogens (tertiary/aromatic N) is 1. The monoisotopic (exact) mass is 329 g/mol. The van der Waals surface area contributed by atoms with Crippen LogP contribution in [0.25, 0.3) is 0 Å². The fourth-order valence-corrected chi connectivity index (χ4v) is 2.39. The van der Waals surface area contributed by atoms with E-state index in [9.17, 15) is 13.6 Å². The van der Waals surface area contributed by atoms with Crippen molar-refractivity contribution < 1.29 is 13.6 Å². The molecular weight excluding hydrogens is 319 g/mol. The molecule has 21 heavy (non-hydrogen) atoms. The lowest BCUT2D eigenvalue weighted by Crippen LogP contribution is -2.31. The summed E-state index contributed by atoms with van der Waals surface area (Å²) in [6, 6.07) is 7.78. The van der Waals surface area contributed by atoms with Crippen LogP contribution >= 0.6 is 23.2 Å². The quantitative estimate of drug-likeness (QED) is 0.781. The summed E-state index contributed by atoms with van der Waals surface area (Å²) in [5.74, 6) is -2.39. The fraction of sp³-hybridized carbons (Fsp3) is 0.133. The van der Waals surface area contributed by atoms with E-state index in [-0.39, 0.29) is 22.8 Å². The molecule has 0 aromatic heterocycles. The molecule has 0 heterocycles. The second-order valence-corrected chi connectivity index (χ2v) is 5.12. The minimum absolute atomic E-state index is 0.202. The van der Waals surface area contributed by atoms with E-state index in [4.69, 9.17) is 23.2 Å². The highest BCUT2D eigenvalue weighted by atomic mass is 35.5. The van der Waals surface area contributed by atoms with Gasteiger partial charge in [-0.2, -0.15) is 0 Å². The van der Waals surface area contributed by atoms with Crippen molar-refractivity contribution >= 4 is 34.8 Å². The van der Waals surface area contributed by atoms with Crippen molar-refractivity contribution in [2.75, 3.05) is 11.4 Å². The lowest BCUT2D eigenvalue weighted by atomic mass is 10.1. The Morgan fingerprint density at radius 2 is 1.81 bits per heavy atom. The smallest absolute Gasteiger partial charge is 0.259 e. The van der Waals surface area contributed by atoms with Gasteiger partial charge in [-0.15, -0.1) is 0 Å². The predicted octanol–water partition coefficient (Wildman–Crippen LogP) is 4.94. The van der Waals surface area contributed by atoms with E-state index in [1.165, 1.54) is 23.1 Å². The van der Waals surface area contributed by atoms with Crippen molar-refractivity contribution in [1.82, 2.24) is 0 Å². The average molecular weight is 330 g/mol.